The van der Waals surface area contributed by atoms with Gasteiger partial charge in [0.1, 0.15) is 5.56 Å². The minimum atomic E-state index is -0.651. The van der Waals surface area contributed by atoms with Crippen LogP contribution in [0.1, 0.15) is 28.8 Å². The summed E-state index contributed by atoms with van der Waals surface area (Å²) in [5.41, 5.74) is 1.09. The molecule has 1 saturated heterocycles. The fourth-order valence-electron chi connectivity index (χ4n) is 4.19. The number of nitrogens with zero attached hydrogens (tertiary/aromatic N) is 1. The van der Waals surface area contributed by atoms with Crippen molar-refractivity contribution in [2.24, 2.45) is 5.92 Å². The molecular weight excluding hydrogens is 424 g/mol. The molecule has 1 aromatic heterocycles. The Balaban J connectivity index is 1.32. The highest BCUT2D eigenvalue weighted by Gasteiger charge is 2.22. The van der Waals surface area contributed by atoms with E-state index in [-0.39, 0.29) is 11.5 Å². The summed E-state index contributed by atoms with van der Waals surface area (Å²) in [6, 6.07) is 15.4. The molecule has 1 amide bonds. The van der Waals surface area contributed by atoms with E-state index >= 15 is 0 Å². The fraction of sp³-hybridized carbons (Fsp3) is 0.360. The van der Waals surface area contributed by atoms with Gasteiger partial charge < -0.3 is 14.5 Å². The normalized spacial score (nSPS) is 15.1. The molecule has 168 valence electrons. The Kier molecular flexibility index (Phi) is 7.17. The molecule has 0 bridgehead atoms. The lowest BCUT2D eigenvalue weighted by Crippen LogP contribution is -2.39. The van der Waals surface area contributed by atoms with E-state index in [1.807, 2.05) is 0 Å². The van der Waals surface area contributed by atoms with Crippen molar-refractivity contribution in [2.75, 3.05) is 33.0 Å². The summed E-state index contributed by atoms with van der Waals surface area (Å²) in [4.78, 5) is 28.8. The standard InChI is InChI=1S/C25H28N2O4S/c1-30-21-8-5-7-18-14-20(25(29)31-23(18)21)24(28)26-15-17-10-12-27(13-11-17)16-19-6-3-4-9-22(19)32-2/h3-9,14,17H,10-13,15-16H2,1-2H3,(H,26,28). The van der Waals surface area contributed by atoms with Gasteiger partial charge in [-0.2, -0.15) is 0 Å². The second kappa shape index (κ2) is 10.2. The van der Waals surface area contributed by atoms with Crippen LogP contribution in [0, 0.1) is 5.92 Å². The van der Waals surface area contributed by atoms with Crippen LogP contribution in [0.2, 0.25) is 0 Å². The Morgan fingerprint density at radius 2 is 1.97 bits per heavy atom. The SMILES string of the molecule is COc1cccc2cc(C(=O)NCC3CCN(Cc4ccccc4SC)CC3)c(=O)oc12. The third kappa shape index (κ3) is 5.00. The van der Waals surface area contributed by atoms with Crippen LogP contribution in [0.15, 0.2) is 62.6 Å². The first kappa shape index (κ1) is 22.4. The molecule has 6 nitrogen and oxygen atoms in total. The van der Waals surface area contributed by atoms with E-state index < -0.39 is 5.63 Å². The quantitative estimate of drug-likeness (QED) is 0.429. The van der Waals surface area contributed by atoms with Gasteiger partial charge in [-0.1, -0.05) is 30.3 Å². The lowest BCUT2D eigenvalue weighted by atomic mass is 9.96. The average molecular weight is 453 g/mol. The fourth-order valence-corrected chi connectivity index (χ4v) is 4.80. The summed E-state index contributed by atoms with van der Waals surface area (Å²) in [6.07, 6.45) is 4.15. The number of likely N-dealkylation sites (tertiary alicyclic amines) is 1. The molecule has 2 aromatic carbocycles. The predicted molar refractivity (Wildman–Crippen MR) is 128 cm³/mol. The van der Waals surface area contributed by atoms with Gasteiger partial charge >= 0.3 is 5.63 Å². The molecule has 0 saturated carbocycles. The summed E-state index contributed by atoms with van der Waals surface area (Å²) in [6.45, 7) is 3.52. The van der Waals surface area contributed by atoms with Crippen LogP contribution < -0.4 is 15.7 Å². The van der Waals surface area contributed by atoms with E-state index in [1.54, 1.807) is 36.0 Å². The van der Waals surface area contributed by atoms with Gasteiger partial charge in [-0.3, -0.25) is 9.69 Å². The summed E-state index contributed by atoms with van der Waals surface area (Å²) >= 11 is 1.78. The van der Waals surface area contributed by atoms with E-state index in [0.29, 0.717) is 29.2 Å². The number of rotatable bonds is 7. The number of carbonyl (C=O) groups is 1. The monoisotopic (exact) mass is 452 g/mol. The molecule has 7 heteroatoms. The van der Waals surface area contributed by atoms with Crippen LogP contribution in [0.25, 0.3) is 11.0 Å². The van der Waals surface area contributed by atoms with E-state index in [1.165, 1.54) is 17.6 Å². The van der Waals surface area contributed by atoms with Gasteiger partial charge in [0.25, 0.3) is 5.91 Å². The Bertz CT molecular complexity index is 1150. The number of ether oxygens (including phenoxy) is 1. The molecule has 1 N–H and O–H groups in total. The van der Waals surface area contributed by atoms with Gasteiger partial charge in [0.2, 0.25) is 0 Å². The zero-order valence-corrected chi connectivity index (χ0v) is 19.2. The third-order valence-corrected chi connectivity index (χ3v) is 6.87. The number of thioether (sulfide) groups is 1. The Labute approximate surface area is 191 Å². The van der Waals surface area contributed by atoms with Gasteiger partial charge in [0.15, 0.2) is 11.3 Å². The lowest BCUT2D eigenvalue weighted by molar-refractivity contribution is 0.0931. The minimum Gasteiger partial charge on any atom is -0.493 e. The van der Waals surface area contributed by atoms with Gasteiger partial charge in [0, 0.05) is 23.4 Å². The molecule has 0 aliphatic carbocycles. The number of piperidine rings is 1. The number of carbonyl (C=O) groups excluding carboxylic acids is 1. The molecule has 0 atom stereocenters. The first-order valence-corrected chi connectivity index (χ1v) is 12.0. The van der Waals surface area contributed by atoms with Crippen molar-refractivity contribution in [1.82, 2.24) is 10.2 Å². The van der Waals surface area contributed by atoms with Crippen LogP contribution in [0.3, 0.4) is 0 Å². The minimum absolute atomic E-state index is 0.0249. The topological polar surface area (TPSA) is 71.8 Å². The summed E-state index contributed by atoms with van der Waals surface area (Å²) < 4.78 is 10.6. The second-order valence-corrected chi connectivity index (χ2v) is 8.92. The maximum absolute atomic E-state index is 12.7. The third-order valence-electron chi connectivity index (χ3n) is 6.03. The number of methoxy groups -OCH3 is 1. The van der Waals surface area contributed by atoms with Crippen molar-refractivity contribution >= 4 is 28.6 Å². The number of nitrogens with one attached hydrogen (secondary N) is 1. The van der Waals surface area contributed by atoms with Gasteiger partial charge in [-0.25, -0.2) is 4.79 Å². The van der Waals surface area contributed by atoms with E-state index in [9.17, 15) is 9.59 Å². The molecule has 2 heterocycles. The van der Waals surface area contributed by atoms with Crippen LogP contribution >= 0.6 is 11.8 Å². The Hall–Kier alpha value is -2.77. The molecule has 0 spiro atoms. The first-order valence-electron chi connectivity index (χ1n) is 10.8. The van der Waals surface area contributed by atoms with Crippen molar-refractivity contribution in [1.29, 1.82) is 0 Å². The van der Waals surface area contributed by atoms with Crippen LogP contribution in [0.5, 0.6) is 5.75 Å². The molecule has 1 fully saturated rings. The predicted octanol–water partition coefficient (Wildman–Crippen LogP) is 4.17. The largest absolute Gasteiger partial charge is 0.493 e. The summed E-state index contributed by atoms with van der Waals surface area (Å²) in [5.74, 6) is 0.483. The van der Waals surface area contributed by atoms with Crippen LogP contribution in [-0.2, 0) is 6.54 Å². The van der Waals surface area contributed by atoms with Crippen LogP contribution in [-0.4, -0.2) is 43.8 Å². The van der Waals surface area contributed by atoms with Crippen molar-refractivity contribution in [3.63, 3.8) is 0 Å². The number of amides is 1. The van der Waals surface area contributed by atoms with E-state index in [4.69, 9.17) is 9.15 Å². The highest BCUT2D eigenvalue weighted by Crippen LogP contribution is 2.25. The van der Waals surface area contributed by atoms with Crippen molar-refractivity contribution in [3.05, 3.63) is 70.1 Å². The molecule has 32 heavy (non-hydrogen) atoms. The molecule has 1 aliphatic heterocycles. The van der Waals surface area contributed by atoms with Crippen molar-refractivity contribution < 1.29 is 13.9 Å². The van der Waals surface area contributed by atoms with Gasteiger partial charge in [-0.15, -0.1) is 11.8 Å². The zero-order chi connectivity index (χ0) is 22.5. The average Bonchev–Trinajstić information content (AvgIpc) is 2.83. The number of hydrogen-bond donors (Lipinski definition) is 1. The van der Waals surface area contributed by atoms with Gasteiger partial charge in [-0.05, 0) is 61.9 Å². The number of hydrogen-bond acceptors (Lipinski definition) is 6. The Morgan fingerprint density at radius 3 is 2.72 bits per heavy atom. The number of fused-ring (bicyclic) bond motifs is 1. The summed E-state index contributed by atoms with van der Waals surface area (Å²) in [7, 11) is 1.52. The van der Waals surface area contributed by atoms with Crippen LogP contribution in [0.4, 0.5) is 0 Å². The van der Waals surface area contributed by atoms with Gasteiger partial charge in [0.05, 0.1) is 7.11 Å². The Morgan fingerprint density at radius 1 is 1.19 bits per heavy atom. The lowest BCUT2D eigenvalue weighted by Gasteiger charge is -2.32. The number of para-hydroxylation sites is 1. The smallest absolute Gasteiger partial charge is 0.349 e. The highest BCUT2D eigenvalue weighted by atomic mass is 32.2. The van der Waals surface area contributed by atoms with Crippen molar-refractivity contribution in [2.45, 2.75) is 24.3 Å². The van der Waals surface area contributed by atoms with E-state index in [2.05, 4.69) is 40.7 Å². The second-order valence-electron chi connectivity index (χ2n) is 8.07. The maximum Gasteiger partial charge on any atom is 0.349 e. The maximum atomic E-state index is 12.7. The summed E-state index contributed by atoms with van der Waals surface area (Å²) in [5, 5.41) is 3.59. The zero-order valence-electron chi connectivity index (χ0n) is 18.4. The molecule has 4 rings (SSSR count). The first-order chi connectivity index (χ1) is 15.6. The van der Waals surface area contributed by atoms with Crippen molar-refractivity contribution in [3.8, 4) is 5.75 Å². The molecule has 1 aliphatic rings. The molecule has 3 aromatic rings. The van der Waals surface area contributed by atoms with E-state index in [0.717, 1.165) is 32.5 Å². The molecular formula is C25H28N2O4S. The molecule has 0 unspecified atom stereocenters. The highest BCUT2D eigenvalue weighted by molar-refractivity contribution is 7.98. The number of benzene rings is 2. The molecule has 0 radical (unpaired) electrons.